The Morgan fingerprint density at radius 3 is 2.48 bits per heavy atom. The maximum Gasteiger partial charge on any atom is 0.417 e. The maximum atomic E-state index is 12.6. The first-order chi connectivity index (χ1) is 9.68. The Balaban J connectivity index is 2.22. The Labute approximate surface area is 129 Å². The quantitative estimate of drug-likeness (QED) is 0.857. The first-order valence-corrected chi connectivity index (χ1v) is 7.31. The van der Waals surface area contributed by atoms with Gasteiger partial charge in [-0.1, -0.05) is 11.6 Å². The van der Waals surface area contributed by atoms with E-state index in [1.54, 1.807) is 0 Å². The van der Waals surface area contributed by atoms with Crippen molar-refractivity contribution in [3.63, 3.8) is 0 Å². The molecule has 2 aromatic rings. The Morgan fingerprint density at radius 2 is 2.00 bits per heavy atom. The average molecular weight is 336 g/mol. The molecule has 0 saturated heterocycles. The zero-order chi connectivity index (χ0) is 15.8. The van der Waals surface area contributed by atoms with Gasteiger partial charge in [-0.3, -0.25) is 0 Å². The SMILES string of the molecule is Cc1nc(C)c(C(C)Nc2ncc(C(F)(F)F)cc2Cl)s1. The van der Waals surface area contributed by atoms with Crippen molar-refractivity contribution in [3.05, 3.63) is 38.4 Å². The summed E-state index contributed by atoms with van der Waals surface area (Å²) in [6, 6.07) is 0.729. The molecule has 1 atom stereocenters. The number of alkyl halides is 3. The second kappa shape index (κ2) is 5.81. The highest BCUT2D eigenvalue weighted by molar-refractivity contribution is 7.11. The molecule has 0 aliphatic carbocycles. The number of anilines is 1. The van der Waals surface area contributed by atoms with E-state index in [0.717, 1.165) is 27.8 Å². The third-order valence-corrected chi connectivity index (χ3v) is 4.40. The van der Waals surface area contributed by atoms with Gasteiger partial charge in [0.1, 0.15) is 5.82 Å². The fourth-order valence-electron chi connectivity index (χ4n) is 1.92. The third-order valence-electron chi connectivity index (χ3n) is 2.85. The van der Waals surface area contributed by atoms with Crippen LogP contribution in [0.2, 0.25) is 5.02 Å². The second-order valence-electron chi connectivity index (χ2n) is 4.60. The predicted molar refractivity (Wildman–Crippen MR) is 77.9 cm³/mol. The van der Waals surface area contributed by atoms with Crippen molar-refractivity contribution in [2.45, 2.75) is 33.0 Å². The molecule has 1 unspecified atom stereocenters. The molecule has 21 heavy (non-hydrogen) atoms. The number of aryl methyl sites for hydroxylation is 2. The summed E-state index contributed by atoms with van der Waals surface area (Å²) in [5.74, 6) is 0.225. The normalized spacial score (nSPS) is 13.3. The molecule has 0 aromatic carbocycles. The zero-order valence-corrected chi connectivity index (χ0v) is 13.1. The lowest BCUT2D eigenvalue weighted by atomic mass is 10.2. The van der Waals surface area contributed by atoms with Crippen LogP contribution in [-0.4, -0.2) is 9.97 Å². The van der Waals surface area contributed by atoms with Crippen molar-refractivity contribution in [1.82, 2.24) is 9.97 Å². The average Bonchev–Trinajstić information content (AvgIpc) is 2.69. The lowest BCUT2D eigenvalue weighted by Gasteiger charge is -2.15. The van der Waals surface area contributed by atoms with E-state index in [1.807, 2.05) is 20.8 Å². The van der Waals surface area contributed by atoms with Crippen LogP contribution in [-0.2, 0) is 6.18 Å². The number of hydrogen-bond donors (Lipinski definition) is 1. The number of halogens is 4. The Kier molecular flexibility index (Phi) is 4.43. The summed E-state index contributed by atoms with van der Waals surface area (Å²) in [6.45, 7) is 5.67. The number of nitrogens with one attached hydrogen (secondary N) is 1. The Morgan fingerprint density at radius 1 is 1.33 bits per heavy atom. The summed E-state index contributed by atoms with van der Waals surface area (Å²) >= 11 is 7.41. The van der Waals surface area contributed by atoms with Crippen molar-refractivity contribution in [3.8, 4) is 0 Å². The molecule has 0 spiro atoms. The van der Waals surface area contributed by atoms with Crippen molar-refractivity contribution < 1.29 is 13.2 Å². The molecule has 0 fully saturated rings. The van der Waals surface area contributed by atoms with Crippen LogP contribution in [0.25, 0.3) is 0 Å². The molecular formula is C13H13ClF3N3S. The van der Waals surface area contributed by atoms with Crippen LogP contribution < -0.4 is 5.32 Å². The van der Waals surface area contributed by atoms with Crippen molar-refractivity contribution in [2.75, 3.05) is 5.32 Å². The molecule has 0 radical (unpaired) electrons. The number of pyridine rings is 1. The molecule has 0 saturated carbocycles. The van der Waals surface area contributed by atoms with Gasteiger partial charge >= 0.3 is 6.18 Å². The lowest BCUT2D eigenvalue weighted by Crippen LogP contribution is -2.10. The first-order valence-electron chi connectivity index (χ1n) is 6.11. The first kappa shape index (κ1) is 16.0. The molecule has 3 nitrogen and oxygen atoms in total. The fraction of sp³-hybridized carbons (Fsp3) is 0.385. The minimum absolute atomic E-state index is 0.0597. The van der Waals surface area contributed by atoms with Crippen LogP contribution in [0, 0.1) is 13.8 Å². The molecule has 2 heterocycles. The molecule has 0 aliphatic rings. The Bertz CT molecular complexity index is 655. The van der Waals surface area contributed by atoms with Gasteiger partial charge in [-0.25, -0.2) is 9.97 Å². The molecule has 2 rings (SSSR count). The van der Waals surface area contributed by atoms with E-state index in [9.17, 15) is 13.2 Å². The summed E-state index contributed by atoms with van der Waals surface area (Å²) in [6.07, 6.45) is -3.68. The number of aromatic nitrogens is 2. The highest BCUT2D eigenvalue weighted by atomic mass is 35.5. The number of nitrogens with zero attached hydrogens (tertiary/aromatic N) is 2. The summed E-state index contributed by atoms with van der Waals surface area (Å²) in [4.78, 5) is 9.09. The van der Waals surface area contributed by atoms with E-state index >= 15 is 0 Å². The van der Waals surface area contributed by atoms with E-state index in [0.29, 0.717) is 0 Å². The number of rotatable bonds is 3. The van der Waals surface area contributed by atoms with Crippen molar-refractivity contribution in [2.24, 2.45) is 0 Å². The lowest BCUT2D eigenvalue weighted by molar-refractivity contribution is -0.137. The van der Waals surface area contributed by atoms with Crippen LogP contribution in [0.4, 0.5) is 19.0 Å². The number of hydrogen-bond acceptors (Lipinski definition) is 4. The van der Waals surface area contributed by atoms with E-state index < -0.39 is 11.7 Å². The van der Waals surface area contributed by atoms with Gasteiger partial charge < -0.3 is 5.32 Å². The van der Waals surface area contributed by atoms with Gasteiger partial charge in [0.05, 0.1) is 27.3 Å². The zero-order valence-electron chi connectivity index (χ0n) is 11.5. The van der Waals surface area contributed by atoms with Crippen molar-refractivity contribution >= 4 is 28.8 Å². The smallest absolute Gasteiger partial charge is 0.361 e. The Hall–Kier alpha value is -1.34. The molecule has 8 heteroatoms. The summed E-state index contributed by atoms with van der Waals surface area (Å²) in [5, 5.41) is 3.89. The van der Waals surface area contributed by atoms with E-state index in [-0.39, 0.29) is 16.9 Å². The van der Waals surface area contributed by atoms with Gasteiger partial charge in [-0.2, -0.15) is 13.2 Å². The number of thiazole rings is 1. The minimum atomic E-state index is -4.45. The van der Waals surface area contributed by atoms with Gasteiger partial charge in [0, 0.05) is 11.1 Å². The van der Waals surface area contributed by atoms with Crippen LogP contribution in [0.15, 0.2) is 12.3 Å². The molecule has 1 N–H and O–H groups in total. The fourth-order valence-corrected chi connectivity index (χ4v) is 3.07. The predicted octanol–water partition coefficient (Wildman–Crippen LogP) is 5.00. The van der Waals surface area contributed by atoms with Crippen LogP contribution in [0.3, 0.4) is 0 Å². The van der Waals surface area contributed by atoms with Crippen LogP contribution in [0.5, 0.6) is 0 Å². The molecule has 114 valence electrons. The van der Waals surface area contributed by atoms with Gasteiger partial charge in [0.15, 0.2) is 0 Å². The third kappa shape index (κ3) is 3.65. The second-order valence-corrected chi connectivity index (χ2v) is 6.24. The minimum Gasteiger partial charge on any atom is -0.361 e. The van der Waals surface area contributed by atoms with E-state index in [2.05, 4.69) is 15.3 Å². The van der Waals surface area contributed by atoms with Gasteiger partial charge in [-0.15, -0.1) is 11.3 Å². The molecule has 0 amide bonds. The largest absolute Gasteiger partial charge is 0.417 e. The molecule has 0 aliphatic heterocycles. The van der Waals surface area contributed by atoms with E-state index in [4.69, 9.17) is 11.6 Å². The standard InChI is InChI=1S/C13H13ClF3N3S/c1-6-11(21-8(3)19-6)7(2)20-12-10(14)4-9(5-18-12)13(15,16)17/h4-5,7H,1-3H3,(H,18,20). The highest BCUT2D eigenvalue weighted by Crippen LogP contribution is 2.34. The molecule has 2 aromatic heterocycles. The highest BCUT2D eigenvalue weighted by Gasteiger charge is 2.31. The van der Waals surface area contributed by atoms with Crippen molar-refractivity contribution in [1.29, 1.82) is 0 Å². The topological polar surface area (TPSA) is 37.8 Å². The molecular weight excluding hydrogens is 323 g/mol. The van der Waals surface area contributed by atoms with Crippen LogP contribution in [0.1, 0.15) is 34.1 Å². The summed E-state index contributed by atoms with van der Waals surface area (Å²) < 4.78 is 37.7. The van der Waals surface area contributed by atoms with Crippen LogP contribution >= 0.6 is 22.9 Å². The monoisotopic (exact) mass is 335 g/mol. The maximum absolute atomic E-state index is 12.6. The summed E-state index contributed by atoms with van der Waals surface area (Å²) in [5.41, 5.74) is 0.0241. The van der Waals surface area contributed by atoms with Gasteiger partial charge in [0.25, 0.3) is 0 Å². The van der Waals surface area contributed by atoms with Gasteiger partial charge in [0.2, 0.25) is 0 Å². The van der Waals surface area contributed by atoms with Gasteiger partial charge in [-0.05, 0) is 26.8 Å². The summed E-state index contributed by atoms with van der Waals surface area (Å²) in [7, 11) is 0. The van der Waals surface area contributed by atoms with E-state index in [1.165, 1.54) is 11.3 Å². The molecule has 0 bridgehead atoms.